The lowest BCUT2D eigenvalue weighted by Crippen LogP contribution is -2.46. The molecule has 104 valence electrons. The summed E-state index contributed by atoms with van der Waals surface area (Å²) in [6.45, 7) is 0. The fourth-order valence-corrected chi connectivity index (χ4v) is 2.78. The van der Waals surface area contributed by atoms with E-state index in [9.17, 15) is 9.59 Å². The maximum atomic E-state index is 12.1. The van der Waals surface area contributed by atoms with Gasteiger partial charge in [0.25, 0.3) is 5.91 Å². The van der Waals surface area contributed by atoms with Crippen LogP contribution in [0.2, 0.25) is 0 Å². The Balaban J connectivity index is 1.69. The molecule has 0 bridgehead atoms. The average Bonchev–Trinajstić information content (AvgIpc) is 2.75. The molecule has 3 N–H and O–H groups in total. The summed E-state index contributed by atoms with van der Waals surface area (Å²) in [4.78, 5) is 25.9. The maximum Gasteiger partial charge on any atom is 0.306 e. The number of carboxylic acids is 1. The van der Waals surface area contributed by atoms with E-state index in [2.05, 4.69) is 26.2 Å². The number of aromatic amines is 1. The molecule has 2 aromatic rings. The van der Waals surface area contributed by atoms with Gasteiger partial charge in [-0.05, 0) is 31.0 Å². The number of amides is 1. The molecule has 0 spiro atoms. The topological polar surface area (TPSA) is 82.2 Å². The van der Waals surface area contributed by atoms with Gasteiger partial charge >= 0.3 is 5.97 Å². The normalized spacial score (nSPS) is 21.4. The molecule has 1 heterocycles. The highest BCUT2D eigenvalue weighted by atomic mass is 79.9. The molecule has 1 aliphatic carbocycles. The van der Waals surface area contributed by atoms with E-state index in [1.54, 1.807) is 6.07 Å². The van der Waals surface area contributed by atoms with E-state index in [0.29, 0.717) is 18.5 Å². The van der Waals surface area contributed by atoms with Crippen LogP contribution >= 0.6 is 15.9 Å². The van der Waals surface area contributed by atoms with Gasteiger partial charge in [-0.1, -0.05) is 22.0 Å². The molecule has 0 atom stereocenters. The summed E-state index contributed by atoms with van der Waals surface area (Å²) >= 11 is 3.38. The molecule has 0 unspecified atom stereocenters. The Kier molecular flexibility index (Phi) is 3.25. The second kappa shape index (κ2) is 4.94. The second-order valence-electron chi connectivity index (χ2n) is 5.09. The third-order valence-electron chi connectivity index (χ3n) is 3.65. The predicted octanol–water partition coefficient (Wildman–Crippen LogP) is 2.52. The summed E-state index contributed by atoms with van der Waals surface area (Å²) in [6.07, 6.45) is 1.01. The molecule has 0 saturated heterocycles. The summed E-state index contributed by atoms with van der Waals surface area (Å²) in [5.41, 5.74) is 1.39. The minimum atomic E-state index is -0.786. The molecule has 1 fully saturated rings. The van der Waals surface area contributed by atoms with Gasteiger partial charge in [0, 0.05) is 21.4 Å². The third-order valence-corrected chi connectivity index (χ3v) is 4.14. The number of benzene rings is 1. The zero-order valence-corrected chi connectivity index (χ0v) is 12.1. The van der Waals surface area contributed by atoms with Crippen molar-refractivity contribution < 1.29 is 14.7 Å². The highest BCUT2D eigenvalue weighted by Gasteiger charge is 2.35. The van der Waals surface area contributed by atoms with Crippen LogP contribution in [-0.4, -0.2) is 28.0 Å². The zero-order chi connectivity index (χ0) is 14.3. The molecular weight excluding hydrogens is 324 g/mol. The summed E-state index contributed by atoms with van der Waals surface area (Å²) < 4.78 is 0.946. The number of hydrogen-bond acceptors (Lipinski definition) is 2. The Bertz CT molecular complexity index is 689. The average molecular weight is 337 g/mol. The van der Waals surface area contributed by atoms with Crippen LogP contribution in [0.25, 0.3) is 10.9 Å². The van der Waals surface area contributed by atoms with E-state index in [0.717, 1.165) is 15.4 Å². The Morgan fingerprint density at radius 3 is 2.75 bits per heavy atom. The van der Waals surface area contributed by atoms with Crippen LogP contribution in [0.15, 0.2) is 28.7 Å². The van der Waals surface area contributed by atoms with Crippen LogP contribution in [-0.2, 0) is 4.79 Å². The predicted molar refractivity (Wildman–Crippen MR) is 77.6 cm³/mol. The van der Waals surface area contributed by atoms with E-state index in [1.165, 1.54) is 0 Å². The van der Waals surface area contributed by atoms with Crippen molar-refractivity contribution in [1.29, 1.82) is 0 Å². The van der Waals surface area contributed by atoms with Gasteiger partial charge in [-0.15, -0.1) is 0 Å². The van der Waals surface area contributed by atoms with Gasteiger partial charge in [0.05, 0.1) is 5.92 Å². The minimum Gasteiger partial charge on any atom is -0.481 e. The van der Waals surface area contributed by atoms with E-state index in [-0.39, 0.29) is 17.9 Å². The van der Waals surface area contributed by atoms with Gasteiger partial charge in [-0.25, -0.2) is 0 Å². The van der Waals surface area contributed by atoms with Crippen molar-refractivity contribution in [3.8, 4) is 0 Å². The highest BCUT2D eigenvalue weighted by molar-refractivity contribution is 9.10. The van der Waals surface area contributed by atoms with Crippen molar-refractivity contribution in [1.82, 2.24) is 10.3 Å². The first-order valence-electron chi connectivity index (χ1n) is 6.35. The minimum absolute atomic E-state index is 0.0400. The highest BCUT2D eigenvalue weighted by Crippen LogP contribution is 2.28. The van der Waals surface area contributed by atoms with Crippen molar-refractivity contribution in [3.05, 3.63) is 34.4 Å². The molecule has 6 heteroatoms. The molecule has 1 aromatic carbocycles. The van der Waals surface area contributed by atoms with Crippen LogP contribution in [0.5, 0.6) is 0 Å². The molecule has 0 radical (unpaired) electrons. The van der Waals surface area contributed by atoms with Gasteiger partial charge in [0.15, 0.2) is 0 Å². The largest absolute Gasteiger partial charge is 0.481 e. The van der Waals surface area contributed by atoms with Crippen LogP contribution in [0.3, 0.4) is 0 Å². The SMILES string of the molecule is O=C(NC1CC(C(=O)O)C1)c1cc2ccc(Br)cc2[nH]1. The van der Waals surface area contributed by atoms with Crippen LogP contribution < -0.4 is 5.32 Å². The molecule has 20 heavy (non-hydrogen) atoms. The first-order valence-corrected chi connectivity index (χ1v) is 7.14. The van der Waals surface area contributed by atoms with E-state index in [4.69, 9.17) is 5.11 Å². The number of nitrogens with one attached hydrogen (secondary N) is 2. The number of fused-ring (bicyclic) bond motifs is 1. The van der Waals surface area contributed by atoms with Gasteiger partial charge < -0.3 is 15.4 Å². The van der Waals surface area contributed by atoms with Gasteiger partial charge in [-0.2, -0.15) is 0 Å². The zero-order valence-electron chi connectivity index (χ0n) is 10.5. The fourth-order valence-electron chi connectivity index (χ4n) is 2.42. The number of carbonyl (C=O) groups is 2. The number of hydrogen-bond donors (Lipinski definition) is 3. The Morgan fingerprint density at radius 2 is 2.05 bits per heavy atom. The fraction of sp³-hybridized carbons (Fsp3) is 0.286. The van der Waals surface area contributed by atoms with Gasteiger partial charge in [0.1, 0.15) is 5.69 Å². The Morgan fingerprint density at radius 1 is 1.30 bits per heavy atom. The number of carboxylic acid groups (broad SMARTS) is 1. The van der Waals surface area contributed by atoms with E-state index >= 15 is 0 Å². The molecule has 1 aromatic heterocycles. The molecule has 1 saturated carbocycles. The maximum absolute atomic E-state index is 12.1. The molecule has 0 aliphatic heterocycles. The first kappa shape index (κ1) is 13.2. The van der Waals surface area contributed by atoms with Crippen LogP contribution in [0, 0.1) is 5.92 Å². The number of aromatic nitrogens is 1. The van der Waals surface area contributed by atoms with Crippen LogP contribution in [0.1, 0.15) is 23.3 Å². The summed E-state index contributed by atoms with van der Waals surface area (Å²) in [5.74, 6) is -1.30. The molecular formula is C14H13BrN2O3. The number of halogens is 1. The van der Waals surface area contributed by atoms with Crippen molar-refractivity contribution in [2.45, 2.75) is 18.9 Å². The standard InChI is InChI=1S/C14H13BrN2O3/c15-9-2-1-7-5-12(17-11(7)6-9)13(18)16-10-3-8(4-10)14(19)20/h1-2,5-6,8,10,17H,3-4H2,(H,16,18)(H,19,20). The molecule has 3 rings (SSSR count). The van der Waals surface area contributed by atoms with Crippen molar-refractivity contribution in [2.24, 2.45) is 5.92 Å². The lowest BCUT2D eigenvalue weighted by Gasteiger charge is -2.32. The number of H-pyrrole nitrogens is 1. The Hall–Kier alpha value is -1.82. The summed E-state index contributed by atoms with van der Waals surface area (Å²) in [5, 5.41) is 12.6. The number of rotatable bonds is 3. The molecule has 1 amide bonds. The van der Waals surface area contributed by atoms with Crippen LogP contribution in [0.4, 0.5) is 0 Å². The van der Waals surface area contributed by atoms with Gasteiger partial charge in [0.2, 0.25) is 0 Å². The van der Waals surface area contributed by atoms with Gasteiger partial charge in [-0.3, -0.25) is 9.59 Å². The third kappa shape index (κ3) is 2.43. The summed E-state index contributed by atoms with van der Waals surface area (Å²) in [6, 6.07) is 7.51. The lowest BCUT2D eigenvalue weighted by molar-refractivity contribution is -0.145. The van der Waals surface area contributed by atoms with Crippen molar-refractivity contribution in [2.75, 3.05) is 0 Å². The lowest BCUT2D eigenvalue weighted by atomic mass is 9.80. The second-order valence-corrected chi connectivity index (χ2v) is 6.01. The number of aliphatic carboxylic acids is 1. The molecule has 5 nitrogen and oxygen atoms in total. The van der Waals surface area contributed by atoms with E-state index < -0.39 is 5.97 Å². The Labute approximate surface area is 123 Å². The number of carbonyl (C=O) groups excluding carboxylic acids is 1. The first-order chi connectivity index (χ1) is 9.52. The summed E-state index contributed by atoms with van der Waals surface area (Å²) in [7, 11) is 0. The quantitative estimate of drug-likeness (QED) is 0.805. The van der Waals surface area contributed by atoms with E-state index in [1.807, 2.05) is 18.2 Å². The smallest absolute Gasteiger partial charge is 0.306 e. The van der Waals surface area contributed by atoms with Crippen molar-refractivity contribution in [3.63, 3.8) is 0 Å². The monoisotopic (exact) mass is 336 g/mol. The molecule has 1 aliphatic rings. The van der Waals surface area contributed by atoms with Crippen molar-refractivity contribution >= 4 is 38.7 Å².